The van der Waals surface area contributed by atoms with Gasteiger partial charge in [0, 0.05) is 19.5 Å². The molecule has 2 heteroatoms. The van der Waals surface area contributed by atoms with E-state index >= 15 is 0 Å². The number of hydrogen-bond acceptors (Lipinski definition) is 1. The van der Waals surface area contributed by atoms with Crippen molar-refractivity contribution >= 4 is 5.84 Å². The summed E-state index contributed by atoms with van der Waals surface area (Å²) in [5, 5.41) is 3.52. The highest BCUT2D eigenvalue weighted by molar-refractivity contribution is 5.82. The van der Waals surface area contributed by atoms with Crippen LogP contribution in [0.15, 0.2) is 4.99 Å². The van der Waals surface area contributed by atoms with Crippen LogP contribution in [0.4, 0.5) is 0 Å². The first-order chi connectivity index (χ1) is 8.35. The fourth-order valence-corrected chi connectivity index (χ4v) is 1.75. The summed E-state index contributed by atoms with van der Waals surface area (Å²) < 4.78 is 0. The lowest BCUT2D eigenvalue weighted by Crippen LogP contribution is -2.25. The van der Waals surface area contributed by atoms with E-state index in [2.05, 4.69) is 26.1 Å². The van der Waals surface area contributed by atoms with Crippen LogP contribution in [0.5, 0.6) is 0 Å². The molecule has 0 radical (unpaired) electrons. The molecule has 0 atom stereocenters. The van der Waals surface area contributed by atoms with E-state index in [-0.39, 0.29) is 0 Å². The van der Waals surface area contributed by atoms with Gasteiger partial charge in [-0.2, -0.15) is 0 Å². The Bertz CT molecular complexity index is 176. The van der Waals surface area contributed by atoms with Gasteiger partial charge in [-0.15, -0.1) is 0 Å². The Labute approximate surface area is 108 Å². The molecule has 0 saturated carbocycles. The summed E-state index contributed by atoms with van der Waals surface area (Å²) in [5.74, 6) is 1.25. The van der Waals surface area contributed by atoms with Crippen molar-refractivity contribution in [1.29, 1.82) is 0 Å². The maximum atomic E-state index is 4.70. The minimum absolute atomic E-state index is 1.01. The molecule has 0 aromatic rings. The number of nitrogens with zero attached hydrogens (tertiary/aromatic N) is 1. The summed E-state index contributed by atoms with van der Waals surface area (Å²) in [6, 6.07) is 0. The molecule has 0 bridgehead atoms. The van der Waals surface area contributed by atoms with Gasteiger partial charge in [0.05, 0.1) is 5.84 Å². The van der Waals surface area contributed by atoms with Crippen LogP contribution in [0.1, 0.15) is 78.6 Å². The molecule has 0 rings (SSSR count). The van der Waals surface area contributed by atoms with Crippen molar-refractivity contribution in [2.24, 2.45) is 4.99 Å². The van der Waals surface area contributed by atoms with Gasteiger partial charge in [-0.05, 0) is 19.3 Å². The van der Waals surface area contributed by atoms with Crippen LogP contribution in [0, 0.1) is 0 Å². The van der Waals surface area contributed by atoms with E-state index in [1.807, 2.05) is 0 Å². The molecule has 0 aromatic heterocycles. The molecule has 2 nitrogen and oxygen atoms in total. The molecule has 0 aliphatic rings. The summed E-state index contributed by atoms with van der Waals surface area (Å²) in [5.41, 5.74) is 0. The number of nitrogens with one attached hydrogen (secondary N) is 1. The van der Waals surface area contributed by atoms with Gasteiger partial charge in [0.25, 0.3) is 0 Å². The fourth-order valence-electron chi connectivity index (χ4n) is 1.75. The molecule has 17 heavy (non-hydrogen) atoms. The smallest absolute Gasteiger partial charge is 0.0963 e. The highest BCUT2D eigenvalue weighted by atomic mass is 15.0. The molecule has 0 unspecified atom stereocenters. The van der Waals surface area contributed by atoms with Crippen molar-refractivity contribution in [3.8, 4) is 0 Å². The van der Waals surface area contributed by atoms with Crippen LogP contribution >= 0.6 is 0 Å². The van der Waals surface area contributed by atoms with E-state index in [4.69, 9.17) is 4.99 Å². The average Bonchev–Trinajstić information content (AvgIpc) is 2.35. The average molecular weight is 240 g/mol. The number of hydrogen-bond donors (Lipinski definition) is 1. The minimum atomic E-state index is 1.01. The Morgan fingerprint density at radius 3 is 2.12 bits per heavy atom. The monoisotopic (exact) mass is 240 g/mol. The Balaban J connectivity index is 3.77. The normalized spacial score (nSPS) is 11.8. The van der Waals surface area contributed by atoms with E-state index in [0.717, 1.165) is 19.5 Å². The second kappa shape index (κ2) is 13.5. The number of amidine groups is 1. The summed E-state index contributed by atoms with van der Waals surface area (Å²) in [4.78, 5) is 4.70. The largest absolute Gasteiger partial charge is 0.374 e. The molecule has 0 aromatic carbocycles. The predicted octanol–water partition coefficient (Wildman–Crippen LogP) is 4.55. The van der Waals surface area contributed by atoms with Gasteiger partial charge in [-0.1, -0.05) is 52.9 Å². The molecule has 0 aliphatic carbocycles. The molecular weight excluding hydrogens is 208 g/mol. The summed E-state index contributed by atoms with van der Waals surface area (Å²) in [6.45, 7) is 8.84. The van der Waals surface area contributed by atoms with Crippen molar-refractivity contribution in [3.63, 3.8) is 0 Å². The van der Waals surface area contributed by atoms with Gasteiger partial charge < -0.3 is 5.32 Å². The standard InChI is InChI=1S/C15H32N2/c1-4-7-10-13-16-15(12-9-6-3)17-14-11-8-5-2/h4-14H2,1-3H3,(H,16,17). The van der Waals surface area contributed by atoms with Gasteiger partial charge in [0.1, 0.15) is 0 Å². The van der Waals surface area contributed by atoms with Crippen LogP contribution in [-0.2, 0) is 0 Å². The quantitative estimate of drug-likeness (QED) is 0.320. The van der Waals surface area contributed by atoms with E-state index in [0.29, 0.717) is 0 Å². The van der Waals surface area contributed by atoms with Crippen LogP contribution < -0.4 is 5.32 Å². The Morgan fingerprint density at radius 2 is 1.47 bits per heavy atom. The first kappa shape index (κ1) is 16.5. The van der Waals surface area contributed by atoms with Crippen LogP contribution in [0.25, 0.3) is 0 Å². The maximum Gasteiger partial charge on any atom is 0.0963 e. The molecule has 0 fully saturated rings. The van der Waals surface area contributed by atoms with E-state index < -0.39 is 0 Å². The second-order valence-corrected chi connectivity index (χ2v) is 4.77. The van der Waals surface area contributed by atoms with Crippen molar-refractivity contribution in [1.82, 2.24) is 5.32 Å². The fraction of sp³-hybridized carbons (Fsp3) is 0.933. The third-order valence-electron chi connectivity index (χ3n) is 2.94. The molecule has 0 spiro atoms. The SMILES string of the molecule is CCCCCN=C(CCCC)NCCCCC. The predicted molar refractivity (Wildman–Crippen MR) is 78.9 cm³/mol. The van der Waals surface area contributed by atoms with Crippen molar-refractivity contribution < 1.29 is 0 Å². The Hall–Kier alpha value is -0.530. The molecule has 0 saturated heterocycles. The lowest BCUT2D eigenvalue weighted by molar-refractivity contribution is 0.678. The summed E-state index contributed by atoms with van der Waals surface area (Å²) in [6.07, 6.45) is 11.4. The Kier molecular flexibility index (Phi) is 13.1. The van der Waals surface area contributed by atoms with Crippen molar-refractivity contribution in [2.75, 3.05) is 13.1 Å². The minimum Gasteiger partial charge on any atom is -0.374 e. The van der Waals surface area contributed by atoms with Crippen LogP contribution in [-0.4, -0.2) is 18.9 Å². The summed E-state index contributed by atoms with van der Waals surface area (Å²) >= 11 is 0. The zero-order valence-corrected chi connectivity index (χ0v) is 12.2. The molecule has 0 aliphatic heterocycles. The van der Waals surface area contributed by atoms with Gasteiger partial charge in [-0.25, -0.2) is 0 Å². The number of aliphatic imine (C=N–C) groups is 1. The first-order valence-electron chi connectivity index (χ1n) is 7.62. The number of rotatable bonds is 11. The van der Waals surface area contributed by atoms with E-state index in [1.165, 1.54) is 57.2 Å². The Morgan fingerprint density at radius 1 is 0.824 bits per heavy atom. The van der Waals surface area contributed by atoms with Gasteiger partial charge in [-0.3, -0.25) is 4.99 Å². The van der Waals surface area contributed by atoms with E-state index in [1.54, 1.807) is 0 Å². The van der Waals surface area contributed by atoms with Gasteiger partial charge >= 0.3 is 0 Å². The zero-order chi connectivity index (χ0) is 12.8. The third-order valence-corrected chi connectivity index (χ3v) is 2.94. The van der Waals surface area contributed by atoms with Gasteiger partial charge in [0.2, 0.25) is 0 Å². The van der Waals surface area contributed by atoms with E-state index in [9.17, 15) is 0 Å². The molecule has 1 N–H and O–H groups in total. The van der Waals surface area contributed by atoms with Crippen molar-refractivity contribution in [2.45, 2.75) is 78.6 Å². The molecular formula is C15H32N2. The zero-order valence-electron chi connectivity index (χ0n) is 12.2. The van der Waals surface area contributed by atoms with Crippen LogP contribution in [0.3, 0.4) is 0 Å². The molecule has 102 valence electrons. The second-order valence-electron chi connectivity index (χ2n) is 4.77. The first-order valence-corrected chi connectivity index (χ1v) is 7.62. The highest BCUT2D eigenvalue weighted by Gasteiger charge is 1.97. The maximum absolute atomic E-state index is 4.70. The lowest BCUT2D eigenvalue weighted by Gasteiger charge is -2.09. The van der Waals surface area contributed by atoms with Crippen molar-refractivity contribution in [3.05, 3.63) is 0 Å². The molecule has 0 heterocycles. The van der Waals surface area contributed by atoms with Gasteiger partial charge in [0.15, 0.2) is 0 Å². The van der Waals surface area contributed by atoms with Crippen LogP contribution in [0.2, 0.25) is 0 Å². The molecule has 0 amide bonds. The topological polar surface area (TPSA) is 24.4 Å². The number of unbranched alkanes of at least 4 members (excludes halogenated alkanes) is 5. The highest BCUT2D eigenvalue weighted by Crippen LogP contribution is 1.99. The summed E-state index contributed by atoms with van der Waals surface area (Å²) in [7, 11) is 0. The lowest BCUT2D eigenvalue weighted by atomic mass is 10.2. The third kappa shape index (κ3) is 11.7.